The summed E-state index contributed by atoms with van der Waals surface area (Å²) in [5.41, 5.74) is 5.43. The fraction of sp³-hybridized carbons (Fsp3) is 0.917. The zero-order valence-electron chi connectivity index (χ0n) is 10.4. The molecule has 0 aromatic rings. The van der Waals surface area contributed by atoms with E-state index in [9.17, 15) is 4.79 Å². The van der Waals surface area contributed by atoms with Gasteiger partial charge in [0.05, 0.1) is 24.2 Å². The number of aliphatic hydroxyl groups is 1. The molecule has 1 heterocycles. The second-order valence-electron chi connectivity index (χ2n) is 5.30. The van der Waals surface area contributed by atoms with Gasteiger partial charge in [0.15, 0.2) is 0 Å². The standard InChI is InChI=1S/C12H22N2O3/c1-9-5-14(6-10(7-15)17-9)11(16)12(8-13)3-2-4-12/h9-10,15H,2-8,13H2,1H3. The SMILES string of the molecule is CC1CN(C(=O)C2(CN)CCC2)CC(CO)O1. The third kappa shape index (κ3) is 2.32. The molecule has 1 saturated carbocycles. The van der Waals surface area contributed by atoms with Crippen LogP contribution in [-0.4, -0.2) is 54.4 Å². The molecule has 2 unspecified atom stereocenters. The number of amides is 1. The Hall–Kier alpha value is -0.650. The monoisotopic (exact) mass is 242 g/mol. The maximum Gasteiger partial charge on any atom is 0.230 e. The predicted octanol–water partition coefficient (Wildman–Crippen LogP) is -0.276. The molecule has 0 aromatic heterocycles. The minimum atomic E-state index is -0.322. The topological polar surface area (TPSA) is 75.8 Å². The Morgan fingerprint density at radius 1 is 1.53 bits per heavy atom. The van der Waals surface area contributed by atoms with E-state index in [-0.39, 0.29) is 30.1 Å². The molecule has 2 atom stereocenters. The molecule has 1 amide bonds. The summed E-state index contributed by atoms with van der Waals surface area (Å²) in [4.78, 5) is 14.3. The maximum atomic E-state index is 12.4. The lowest BCUT2D eigenvalue weighted by atomic mass is 9.67. The molecule has 1 aliphatic carbocycles. The zero-order valence-corrected chi connectivity index (χ0v) is 10.4. The molecule has 0 radical (unpaired) electrons. The smallest absolute Gasteiger partial charge is 0.230 e. The molecule has 3 N–H and O–H groups in total. The van der Waals surface area contributed by atoms with Gasteiger partial charge in [-0.05, 0) is 19.8 Å². The van der Waals surface area contributed by atoms with E-state index in [1.807, 2.05) is 11.8 Å². The van der Waals surface area contributed by atoms with Crippen LogP contribution >= 0.6 is 0 Å². The fourth-order valence-corrected chi connectivity index (χ4v) is 2.76. The number of nitrogens with two attached hydrogens (primary N) is 1. The highest BCUT2D eigenvalue weighted by Gasteiger charge is 2.46. The zero-order chi connectivity index (χ0) is 12.5. The summed E-state index contributed by atoms with van der Waals surface area (Å²) in [7, 11) is 0. The lowest BCUT2D eigenvalue weighted by molar-refractivity contribution is -0.161. The number of carbonyl (C=O) groups is 1. The number of aliphatic hydroxyl groups excluding tert-OH is 1. The summed E-state index contributed by atoms with van der Waals surface area (Å²) in [5.74, 6) is 0.153. The van der Waals surface area contributed by atoms with Crippen molar-refractivity contribution >= 4 is 5.91 Å². The van der Waals surface area contributed by atoms with Gasteiger partial charge in [0.2, 0.25) is 5.91 Å². The lowest BCUT2D eigenvalue weighted by Crippen LogP contribution is -2.58. The summed E-state index contributed by atoms with van der Waals surface area (Å²) in [6, 6.07) is 0. The van der Waals surface area contributed by atoms with Gasteiger partial charge in [-0.15, -0.1) is 0 Å². The van der Waals surface area contributed by atoms with Crippen molar-refractivity contribution in [3.8, 4) is 0 Å². The van der Waals surface area contributed by atoms with Crippen LogP contribution in [0.3, 0.4) is 0 Å². The first kappa shape index (κ1) is 12.8. The van der Waals surface area contributed by atoms with Gasteiger partial charge in [-0.2, -0.15) is 0 Å². The Bertz CT molecular complexity index is 286. The molecule has 98 valence electrons. The van der Waals surface area contributed by atoms with Crippen molar-refractivity contribution in [1.29, 1.82) is 0 Å². The van der Waals surface area contributed by atoms with E-state index in [2.05, 4.69) is 0 Å². The summed E-state index contributed by atoms with van der Waals surface area (Å²) in [5, 5.41) is 9.15. The Morgan fingerprint density at radius 3 is 2.71 bits per heavy atom. The summed E-state index contributed by atoms with van der Waals surface area (Å²) in [6.45, 7) is 3.42. The number of morpholine rings is 1. The molecular weight excluding hydrogens is 220 g/mol. The Labute approximate surface area is 102 Å². The molecule has 2 fully saturated rings. The average molecular weight is 242 g/mol. The minimum absolute atomic E-state index is 0.0141. The van der Waals surface area contributed by atoms with E-state index >= 15 is 0 Å². The highest BCUT2D eigenvalue weighted by molar-refractivity contribution is 5.84. The normalized spacial score (nSPS) is 32.1. The molecule has 0 aromatic carbocycles. The molecule has 1 saturated heterocycles. The summed E-state index contributed by atoms with van der Waals surface area (Å²) in [6.07, 6.45) is 2.62. The number of nitrogens with zero attached hydrogens (tertiary/aromatic N) is 1. The third-order valence-corrected chi connectivity index (χ3v) is 3.97. The van der Waals surface area contributed by atoms with E-state index in [1.165, 1.54) is 0 Å². The number of hydrogen-bond acceptors (Lipinski definition) is 4. The van der Waals surface area contributed by atoms with Gasteiger partial charge in [-0.25, -0.2) is 0 Å². The predicted molar refractivity (Wildman–Crippen MR) is 63.3 cm³/mol. The molecule has 0 bridgehead atoms. The second-order valence-corrected chi connectivity index (χ2v) is 5.30. The van der Waals surface area contributed by atoms with Gasteiger partial charge in [0, 0.05) is 19.6 Å². The molecule has 5 nitrogen and oxygen atoms in total. The average Bonchev–Trinajstić information content (AvgIpc) is 2.27. The van der Waals surface area contributed by atoms with Gasteiger partial charge in [0.1, 0.15) is 0 Å². The molecule has 1 aliphatic heterocycles. The van der Waals surface area contributed by atoms with Crippen LogP contribution < -0.4 is 5.73 Å². The third-order valence-electron chi connectivity index (χ3n) is 3.97. The van der Waals surface area contributed by atoms with Crippen molar-refractivity contribution in [2.45, 2.75) is 38.4 Å². The van der Waals surface area contributed by atoms with Crippen molar-refractivity contribution in [3.05, 3.63) is 0 Å². The van der Waals surface area contributed by atoms with Gasteiger partial charge in [-0.1, -0.05) is 6.42 Å². The van der Waals surface area contributed by atoms with Crippen LogP contribution in [0.2, 0.25) is 0 Å². The molecule has 17 heavy (non-hydrogen) atoms. The highest BCUT2D eigenvalue weighted by Crippen LogP contribution is 2.41. The van der Waals surface area contributed by atoms with Gasteiger partial charge in [0.25, 0.3) is 0 Å². The van der Waals surface area contributed by atoms with Crippen LogP contribution in [0.15, 0.2) is 0 Å². The van der Waals surface area contributed by atoms with Crippen LogP contribution in [0.4, 0.5) is 0 Å². The first-order valence-corrected chi connectivity index (χ1v) is 6.37. The second kappa shape index (κ2) is 4.92. The van der Waals surface area contributed by atoms with Gasteiger partial charge >= 0.3 is 0 Å². The van der Waals surface area contributed by atoms with Crippen molar-refractivity contribution in [3.63, 3.8) is 0 Å². The Morgan fingerprint density at radius 2 is 2.24 bits per heavy atom. The fourth-order valence-electron chi connectivity index (χ4n) is 2.76. The van der Waals surface area contributed by atoms with E-state index < -0.39 is 0 Å². The van der Waals surface area contributed by atoms with Crippen LogP contribution in [-0.2, 0) is 9.53 Å². The number of rotatable bonds is 3. The highest BCUT2D eigenvalue weighted by atomic mass is 16.5. The van der Waals surface area contributed by atoms with E-state index in [0.717, 1.165) is 19.3 Å². The number of hydrogen-bond donors (Lipinski definition) is 2. The van der Waals surface area contributed by atoms with Gasteiger partial charge in [-0.3, -0.25) is 4.79 Å². The maximum absolute atomic E-state index is 12.4. The molecular formula is C12H22N2O3. The Balaban J connectivity index is 2.03. The number of ether oxygens (including phenoxy) is 1. The van der Waals surface area contributed by atoms with Crippen LogP contribution in [0.5, 0.6) is 0 Å². The molecule has 0 spiro atoms. The molecule has 5 heteroatoms. The van der Waals surface area contributed by atoms with E-state index in [0.29, 0.717) is 19.6 Å². The quantitative estimate of drug-likeness (QED) is 0.714. The summed E-state index contributed by atoms with van der Waals surface area (Å²) >= 11 is 0. The van der Waals surface area contributed by atoms with Crippen LogP contribution in [0, 0.1) is 5.41 Å². The largest absolute Gasteiger partial charge is 0.394 e. The first-order chi connectivity index (χ1) is 8.11. The molecule has 2 rings (SSSR count). The van der Waals surface area contributed by atoms with Crippen LogP contribution in [0.25, 0.3) is 0 Å². The lowest BCUT2D eigenvalue weighted by Gasteiger charge is -2.45. The van der Waals surface area contributed by atoms with Crippen LogP contribution in [0.1, 0.15) is 26.2 Å². The Kier molecular flexibility index (Phi) is 3.70. The summed E-state index contributed by atoms with van der Waals surface area (Å²) < 4.78 is 5.54. The van der Waals surface area contributed by atoms with E-state index in [1.54, 1.807) is 0 Å². The van der Waals surface area contributed by atoms with Crippen molar-refractivity contribution in [2.75, 3.05) is 26.2 Å². The minimum Gasteiger partial charge on any atom is -0.394 e. The van der Waals surface area contributed by atoms with Crippen molar-refractivity contribution in [1.82, 2.24) is 4.90 Å². The first-order valence-electron chi connectivity index (χ1n) is 6.37. The number of carbonyl (C=O) groups excluding carboxylic acids is 1. The van der Waals surface area contributed by atoms with Gasteiger partial charge < -0.3 is 20.5 Å². The van der Waals surface area contributed by atoms with Crippen molar-refractivity contribution in [2.24, 2.45) is 11.1 Å². The van der Waals surface area contributed by atoms with Crippen molar-refractivity contribution < 1.29 is 14.6 Å². The van der Waals surface area contributed by atoms with E-state index in [4.69, 9.17) is 15.6 Å². The molecule has 2 aliphatic rings.